The van der Waals surface area contributed by atoms with Crippen molar-refractivity contribution < 1.29 is 14.6 Å². The van der Waals surface area contributed by atoms with Gasteiger partial charge >= 0.3 is 6.09 Å². The maximum absolute atomic E-state index is 11.8. The van der Waals surface area contributed by atoms with Crippen LogP contribution in [-0.2, 0) is 4.74 Å². The molecule has 1 aromatic heterocycles. The van der Waals surface area contributed by atoms with Gasteiger partial charge in [-0.05, 0) is 50.0 Å². The molecule has 1 amide bonds. The number of hydrogen-bond acceptors (Lipinski definition) is 4. The fourth-order valence-corrected chi connectivity index (χ4v) is 4.74. The predicted molar refractivity (Wildman–Crippen MR) is 104 cm³/mol. The highest BCUT2D eigenvalue weighted by Crippen LogP contribution is 2.35. The van der Waals surface area contributed by atoms with Crippen LogP contribution in [0.5, 0.6) is 0 Å². The van der Waals surface area contributed by atoms with Crippen molar-refractivity contribution >= 4 is 6.09 Å². The van der Waals surface area contributed by atoms with Crippen LogP contribution in [0.4, 0.5) is 4.79 Å². The summed E-state index contributed by atoms with van der Waals surface area (Å²) in [7, 11) is 0. The van der Waals surface area contributed by atoms with Gasteiger partial charge in [0.1, 0.15) is 12.2 Å². The van der Waals surface area contributed by atoms with Crippen molar-refractivity contribution in [1.82, 2.24) is 20.1 Å². The van der Waals surface area contributed by atoms with Crippen molar-refractivity contribution in [2.24, 2.45) is 0 Å². The van der Waals surface area contributed by atoms with Crippen LogP contribution in [0.1, 0.15) is 61.7 Å². The van der Waals surface area contributed by atoms with E-state index in [2.05, 4.69) is 45.5 Å². The van der Waals surface area contributed by atoms with Crippen LogP contribution in [0.25, 0.3) is 0 Å². The molecule has 4 rings (SSSR count). The number of benzene rings is 1. The first-order valence-corrected chi connectivity index (χ1v) is 10.2. The van der Waals surface area contributed by atoms with E-state index >= 15 is 0 Å². The molecule has 7 nitrogen and oxygen atoms in total. The molecule has 2 atom stereocenters. The second-order valence-corrected chi connectivity index (χ2v) is 7.88. The summed E-state index contributed by atoms with van der Waals surface area (Å²) in [6, 6.07) is 10.5. The molecule has 0 radical (unpaired) electrons. The summed E-state index contributed by atoms with van der Waals surface area (Å²) in [4.78, 5) is 17.6. The first-order valence-electron chi connectivity index (χ1n) is 10.2. The molecule has 0 bridgehead atoms. The molecule has 2 N–H and O–H groups in total. The number of likely N-dealkylation sites (tertiary alicyclic amines) is 1. The van der Waals surface area contributed by atoms with Crippen LogP contribution in [0, 0.1) is 0 Å². The van der Waals surface area contributed by atoms with E-state index in [-0.39, 0.29) is 18.1 Å². The normalized spacial score (nSPS) is 28.2. The Morgan fingerprint density at radius 1 is 1.18 bits per heavy atom. The Labute approximate surface area is 165 Å². The lowest BCUT2D eigenvalue weighted by atomic mass is 9.82. The Morgan fingerprint density at radius 3 is 2.64 bits per heavy atom. The number of nitrogens with zero attached hydrogens (tertiary/aromatic N) is 3. The molecule has 28 heavy (non-hydrogen) atoms. The number of aromatic nitrogens is 3. The summed E-state index contributed by atoms with van der Waals surface area (Å²) >= 11 is 0. The fraction of sp³-hybridized carbons (Fsp3) is 0.571. The third-order valence-electron chi connectivity index (χ3n) is 6.26. The van der Waals surface area contributed by atoms with Crippen LogP contribution >= 0.6 is 0 Å². The average molecular weight is 384 g/mol. The molecule has 0 spiro atoms. The van der Waals surface area contributed by atoms with Crippen molar-refractivity contribution in [3.8, 4) is 0 Å². The minimum atomic E-state index is -0.884. The minimum Gasteiger partial charge on any atom is -0.465 e. The number of ether oxygens (including phenoxy) is 1. The smallest absolute Gasteiger partial charge is 0.407 e. The minimum absolute atomic E-state index is 0.00741. The SMILES string of the molecule is O=C(O)N1CCCC(c2ncn[nH]2)C1COC1CCC(c2ccccc2)CC1. The van der Waals surface area contributed by atoms with Crippen molar-refractivity contribution in [1.29, 1.82) is 0 Å². The van der Waals surface area contributed by atoms with E-state index in [4.69, 9.17) is 4.74 Å². The first kappa shape index (κ1) is 18.9. The van der Waals surface area contributed by atoms with E-state index in [0.29, 0.717) is 19.1 Å². The van der Waals surface area contributed by atoms with Crippen LogP contribution in [0.3, 0.4) is 0 Å². The topological polar surface area (TPSA) is 91.3 Å². The van der Waals surface area contributed by atoms with Gasteiger partial charge in [0, 0.05) is 12.5 Å². The Bertz CT molecular complexity index is 744. The Kier molecular flexibility index (Phi) is 5.90. The van der Waals surface area contributed by atoms with E-state index in [9.17, 15) is 9.90 Å². The lowest BCUT2D eigenvalue weighted by Crippen LogP contribution is -2.50. The molecule has 2 aromatic rings. The molecule has 2 unspecified atom stereocenters. The van der Waals surface area contributed by atoms with Gasteiger partial charge in [0.25, 0.3) is 0 Å². The third kappa shape index (κ3) is 4.19. The lowest BCUT2D eigenvalue weighted by Gasteiger charge is -2.39. The highest BCUT2D eigenvalue weighted by molar-refractivity contribution is 5.65. The number of carbonyl (C=O) groups is 1. The number of H-pyrrole nitrogens is 1. The zero-order valence-electron chi connectivity index (χ0n) is 16.0. The summed E-state index contributed by atoms with van der Waals surface area (Å²) in [5.41, 5.74) is 1.41. The monoisotopic (exact) mass is 384 g/mol. The van der Waals surface area contributed by atoms with Crippen LogP contribution in [0.15, 0.2) is 36.7 Å². The lowest BCUT2D eigenvalue weighted by molar-refractivity contribution is -0.0227. The number of rotatable bonds is 5. The quantitative estimate of drug-likeness (QED) is 0.819. The van der Waals surface area contributed by atoms with Gasteiger partial charge in [-0.1, -0.05) is 30.3 Å². The van der Waals surface area contributed by atoms with E-state index in [0.717, 1.165) is 44.3 Å². The zero-order valence-corrected chi connectivity index (χ0v) is 16.0. The molecule has 2 heterocycles. The highest BCUT2D eigenvalue weighted by atomic mass is 16.5. The van der Waals surface area contributed by atoms with E-state index in [1.807, 2.05) is 0 Å². The second-order valence-electron chi connectivity index (χ2n) is 7.88. The number of amides is 1. The number of aromatic amines is 1. The maximum atomic E-state index is 11.8. The second kappa shape index (κ2) is 8.73. The molecule has 2 aliphatic rings. The molecular formula is C21H28N4O3. The summed E-state index contributed by atoms with van der Waals surface area (Å²) in [5.74, 6) is 1.37. The van der Waals surface area contributed by atoms with E-state index < -0.39 is 6.09 Å². The van der Waals surface area contributed by atoms with Gasteiger partial charge < -0.3 is 14.7 Å². The van der Waals surface area contributed by atoms with Crippen LogP contribution < -0.4 is 0 Å². The number of piperidine rings is 1. The van der Waals surface area contributed by atoms with Gasteiger partial charge in [-0.3, -0.25) is 5.10 Å². The molecule has 150 valence electrons. The van der Waals surface area contributed by atoms with E-state index in [1.54, 1.807) is 0 Å². The molecule has 7 heteroatoms. The van der Waals surface area contributed by atoms with Gasteiger partial charge in [0.15, 0.2) is 0 Å². The standard InChI is InChI=1S/C21H28N4O3/c26-21(27)25-12-4-7-18(20-22-14-23-24-20)19(25)13-28-17-10-8-16(9-11-17)15-5-2-1-3-6-15/h1-3,5-6,14,16-19H,4,7-13H2,(H,26,27)(H,22,23,24). The summed E-state index contributed by atoms with van der Waals surface area (Å²) in [6.45, 7) is 0.965. The Hall–Kier alpha value is -2.41. The van der Waals surface area contributed by atoms with Crippen molar-refractivity contribution in [2.45, 2.75) is 62.5 Å². The Balaban J connectivity index is 1.36. The molecule has 1 saturated heterocycles. The highest BCUT2D eigenvalue weighted by Gasteiger charge is 2.37. The predicted octanol–water partition coefficient (Wildman–Crippen LogP) is 3.77. The molecule has 1 aliphatic carbocycles. The Morgan fingerprint density at radius 2 is 1.96 bits per heavy atom. The maximum Gasteiger partial charge on any atom is 0.407 e. The molecule has 1 aromatic carbocycles. The molecule has 1 aliphatic heterocycles. The summed E-state index contributed by atoms with van der Waals surface area (Å²) in [5, 5.41) is 16.5. The average Bonchev–Trinajstić information content (AvgIpc) is 3.27. The van der Waals surface area contributed by atoms with Gasteiger partial charge in [-0.25, -0.2) is 9.78 Å². The van der Waals surface area contributed by atoms with Gasteiger partial charge in [-0.15, -0.1) is 0 Å². The van der Waals surface area contributed by atoms with Crippen LogP contribution in [0.2, 0.25) is 0 Å². The third-order valence-corrected chi connectivity index (χ3v) is 6.26. The summed E-state index contributed by atoms with van der Waals surface area (Å²) in [6.07, 6.45) is 6.81. The first-order chi connectivity index (χ1) is 13.7. The zero-order chi connectivity index (χ0) is 19.3. The van der Waals surface area contributed by atoms with E-state index in [1.165, 1.54) is 16.8 Å². The number of nitrogens with one attached hydrogen (secondary N) is 1. The van der Waals surface area contributed by atoms with Crippen molar-refractivity contribution in [3.63, 3.8) is 0 Å². The number of carboxylic acid groups (broad SMARTS) is 1. The van der Waals surface area contributed by atoms with Gasteiger partial charge in [-0.2, -0.15) is 5.10 Å². The fourth-order valence-electron chi connectivity index (χ4n) is 4.74. The molecule has 1 saturated carbocycles. The van der Waals surface area contributed by atoms with Gasteiger partial charge in [0.05, 0.1) is 18.8 Å². The van der Waals surface area contributed by atoms with Crippen molar-refractivity contribution in [3.05, 3.63) is 48.0 Å². The largest absolute Gasteiger partial charge is 0.465 e. The van der Waals surface area contributed by atoms with Crippen LogP contribution in [-0.4, -0.2) is 56.6 Å². The number of hydrogen-bond donors (Lipinski definition) is 2. The summed E-state index contributed by atoms with van der Waals surface area (Å²) < 4.78 is 6.25. The molecular weight excluding hydrogens is 356 g/mol. The van der Waals surface area contributed by atoms with Crippen molar-refractivity contribution in [2.75, 3.05) is 13.2 Å². The molecule has 2 fully saturated rings. The van der Waals surface area contributed by atoms with Gasteiger partial charge in [0.2, 0.25) is 0 Å².